The molecule has 1 unspecified atom stereocenters. The summed E-state index contributed by atoms with van der Waals surface area (Å²) in [6.07, 6.45) is 0.0596. The number of nitrogens with zero attached hydrogens (tertiary/aromatic N) is 2. The number of amides is 2. The van der Waals surface area contributed by atoms with Crippen LogP contribution >= 0.6 is 0 Å². The molecule has 0 saturated carbocycles. The molecule has 2 heterocycles. The summed E-state index contributed by atoms with van der Waals surface area (Å²) >= 11 is 0. The third-order valence-electron chi connectivity index (χ3n) is 5.37. The molecule has 0 aromatic heterocycles. The van der Waals surface area contributed by atoms with Crippen LogP contribution in [0.15, 0.2) is 48.5 Å². The van der Waals surface area contributed by atoms with E-state index in [0.717, 1.165) is 5.56 Å². The highest BCUT2D eigenvalue weighted by molar-refractivity contribution is 5.96. The van der Waals surface area contributed by atoms with Crippen LogP contribution in [0.3, 0.4) is 0 Å². The van der Waals surface area contributed by atoms with Gasteiger partial charge in [0, 0.05) is 32.6 Å². The Labute approximate surface area is 167 Å². The van der Waals surface area contributed by atoms with E-state index in [4.69, 9.17) is 4.74 Å². The lowest BCUT2D eigenvalue weighted by molar-refractivity contribution is -0.141. The van der Waals surface area contributed by atoms with Crippen molar-refractivity contribution in [3.63, 3.8) is 0 Å². The Bertz CT molecular complexity index is 961. The smallest absolute Gasteiger partial charge is 0.339 e. The molecule has 0 aliphatic carbocycles. The Hall–Kier alpha value is -3.22. The molecule has 1 fully saturated rings. The lowest BCUT2D eigenvalue weighted by Gasteiger charge is -2.29. The number of rotatable bonds is 2. The van der Waals surface area contributed by atoms with E-state index in [9.17, 15) is 18.8 Å². The van der Waals surface area contributed by atoms with Gasteiger partial charge in [-0.1, -0.05) is 30.3 Å². The van der Waals surface area contributed by atoms with Crippen LogP contribution < -0.4 is 0 Å². The summed E-state index contributed by atoms with van der Waals surface area (Å²) < 4.78 is 19.3. The highest BCUT2D eigenvalue weighted by atomic mass is 19.1. The van der Waals surface area contributed by atoms with Gasteiger partial charge < -0.3 is 14.5 Å². The predicted octanol–water partition coefficient (Wildman–Crippen LogP) is 2.28. The normalized spacial score (nSPS) is 19.2. The molecule has 7 heteroatoms. The highest BCUT2D eigenvalue weighted by Crippen LogP contribution is 2.22. The minimum atomic E-state index is -0.855. The number of hydrogen-bond donors (Lipinski definition) is 0. The summed E-state index contributed by atoms with van der Waals surface area (Å²) in [5.74, 6) is -1.68. The van der Waals surface area contributed by atoms with Crippen LogP contribution in [0.25, 0.3) is 0 Å². The van der Waals surface area contributed by atoms with E-state index < -0.39 is 17.9 Å². The lowest BCUT2D eigenvalue weighted by atomic mass is 9.98. The van der Waals surface area contributed by atoms with Crippen LogP contribution in [-0.4, -0.2) is 59.9 Å². The van der Waals surface area contributed by atoms with E-state index in [0.29, 0.717) is 44.6 Å². The van der Waals surface area contributed by atoms with Crippen molar-refractivity contribution in [2.24, 2.45) is 0 Å². The second kappa shape index (κ2) is 8.03. The monoisotopic (exact) mass is 396 g/mol. The van der Waals surface area contributed by atoms with Crippen molar-refractivity contribution >= 4 is 17.8 Å². The first-order chi connectivity index (χ1) is 14.0. The van der Waals surface area contributed by atoms with E-state index in [1.54, 1.807) is 34.1 Å². The maximum absolute atomic E-state index is 13.9. The Balaban J connectivity index is 1.42. The van der Waals surface area contributed by atoms with Gasteiger partial charge in [0.05, 0.1) is 11.1 Å². The van der Waals surface area contributed by atoms with Gasteiger partial charge in [0.2, 0.25) is 0 Å². The fraction of sp³-hybridized carbons (Fsp3) is 0.318. The first kappa shape index (κ1) is 19.1. The fourth-order valence-electron chi connectivity index (χ4n) is 3.82. The SMILES string of the molecule is O=C1OC(C(=O)N2CCCN(C(=O)c3ccccc3F)CC2)Cc2ccccc21. The second-order valence-corrected chi connectivity index (χ2v) is 7.21. The van der Waals surface area contributed by atoms with Gasteiger partial charge in [0.15, 0.2) is 6.10 Å². The van der Waals surface area contributed by atoms with Gasteiger partial charge in [-0.3, -0.25) is 9.59 Å². The summed E-state index contributed by atoms with van der Waals surface area (Å²) in [5.41, 5.74) is 1.33. The zero-order chi connectivity index (χ0) is 20.4. The molecule has 2 aromatic carbocycles. The number of hydrogen-bond acceptors (Lipinski definition) is 4. The summed E-state index contributed by atoms with van der Waals surface area (Å²) in [5, 5.41) is 0. The minimum Gasteiger partial charge on any atom is -0.448 e. The predicted molar refractivity (Wildman–Crippen MR) is 103 cm³/mol. The minimum absolute atomic E-state index is 0.0325. The third kappa shape index (κ3) is 3.85. The molecule has 2 aliphatic heterocycles. The molecule has 2 aliphatic rings. The third-order valence-corrected chi connectivity index (χ3v) is 5.37. The van der Waals surface area contributed by atoms with E-state index >= 15 is 0 Å². The molecule has 0 spiro atoms. The molecule has 2 aromatic rings. The van der Waals surface area contributed by atoms with Crippen molar-refractivity contribution in [2.45, 2.75) is 18.9 Å². The van der Waals surface area contributed by atoms with Crippen molar-refractivity contribution in [3.05, 3.63) is 71.0 Å². The zero-order valence-electron chi connectivity index (χ0n) is 15.8. The largest absolute Gasteiger partial charge is 0.448 e. The maximum atomic E-state index is 13.9. The molecule has 0 N–H and O–H groups in total. The van der Waals surface area contributed by atoms with Crippen LogP contribution in [0.4, 0.5) is 4.39 Å². The van der Waals surface area contributed by atoms with E-state index in [1.807, 2.05) is 12.1 Å². The van der Waals surface area contributed by atoms with Gasteiger partial charge in [0.1, 0.15) is 5.82 Å². The number of ether oxygens (including phenoxy) is 1. The molecular weight excluding hydrogens is 375 g/mol. The van der Waals surface area contributed by atoms with E-state index in [2.05, 4.69) is 0 Å². The number of halogens is 1. The van der Waals surface area contributed by atoms with Gasteiger partial charge in [-0.25, -0.2) is 9.18 Å². The Morgan fingerprint density at radius 2 is 1.62 bits per heavy atom. The first-order valence-corrected chi connectivity index (χ1v) is 9.66. The van der Waals surface area contributed by atoms with Gasteiger partial charge in [0.25, 0.3) is 11.8 Å². The maximum Gasteiger partial charge on any atom is 0.339 e. The van der Waals surface area contributed by atoms with Gasteiger partial charge >= 0.3 is 5.97 Å². The van der Waals surface area contributed by atoms with Crippen molar-refractivity contribution in [1.82, 2.24) is 9.80 Å². The van der Waals surface area contributed by atoms with Crippen molar-refractivity contribution in [2.75, 3.05) is 26.2 Å². The summed E-state index contributed by atoms with van der Waals surface area (Å²) in [4.78, 5) is 41.0. The summed E-state index contributed by atoms with van der Waals surface area (Å²) in [7, 11) is 0. The number of fused-ring (bicyclic) bond motifs is 1. The summed E-state index contributed by atoms with van der Waals surface area (Å²) in [6, 6.07) is 13.0. The standard InChI is InChI=1S/C22H21FN2O4/c23-18-9-4-3-8-17(18)20(26)24-10-5-11-25(13-12-24)21(27)19-14-15-6-1-2-7-16(15)22(28)29-19/h1-4,6-9,19H,5,10-14H2. The number of esters is 1. The lowest BCUT2D eigenvalue weighted by Crippen LogP contribution is -2.46. The van der Waals surface area contributed by atoms with Crippen molar-refractivity contribution in [1.29, 1.82) is 0 Å². The van der Waals surface area contributed by atoms with Gasteiger partial charge in [-0.2, -0.15) is 0 Å². The number of cyclic esters (lactones) is 1. The number of carbonyl (C=O) groups excluding carboxylic acids is 3. The van der Waals surface area contributed by atoms with Crippen molar-refractivity contribution in [3.8, 4) is 0 Å². The zero-order valence-corrected chi connectivity index (χ0v) is 15.8. The molecule has 1 atom stereocenters. The van der Waals surface area contributed by atoms with Crippen LogP contribution in [0.1, 0.15) is 32.7 Å². The Morgan fingerprint density at radius 1 is 0.931 bits per heavy atom. The van der Waals surface area contributed by atoms with Gasteiger partial charge in [-0.05, 0) is 30.2 Å². The fourth-order valence-corrected chi connectivity index (χ4v) is 3.82. The molecule has 6 nitrogen and oxygen atoms in total. The van der Waals surface area contributed by atoms with Crippen LogP contribution in [0.2, 0.25) is 0 Å². The van der Waals surface area contributed by atoms with Crippen LogP contribution in [0.5, 0.6) is 0 Å². The topological polar surface area (TPSA) is 66.9 Å². The Kier molecular flexibility index (Phi) is 5.29. The molecule has 0 bridgehead atoms. The van der Waals surface area contributed by atoms with Crippen LogP contribution in [-0.2, 0) is 16.0 Å². The average molecular weight is 396 g/mol. The quantitative estimate of drug-likeness (QED) is 0.731. The van der Waals surface area contributed by atoms with Crippen LogP contribution in [0, 0.1) is 5.82 Å². The van der Waals surface area contributed by atoms with E-state index in [-0.39, 0.29) is 17.4 Å². The average Bonchev–Trinajstić information content (AvgIpc) is 2.99. The van der Waals surface area contributed by atoms with E-state index in [1.165, 1.54) is 12.1 Å². The molecule has 4 rings (SSSR count). The first-order valence-electron chi connectivity index (χ1n) is 9.66. The molecule has 29 heavy (non-hydrogen) atoms. The Morgan fingerprint density at radius 3 is 2.45 bits per heavy atom. The number of carbonyl (C=O) groups is 3. The second-order valence-electron chi connectivity index (χ2n) is 7.21. The molecule has 0 radical (unpaired) electrons. The molecule has 150 valence electrons. The summed E-state index contributed by atoms with van der Waals surface area (Å²) in [6.45, 7) is 1.50. The highest BCUT2D eigenvalue weighted by Gasteiger charge is 2.34. The molecular formula is C22H21FN2O4. The molecule has 1 saturated heterocycles. The number of benzene rings is 2. The van der Waals surface area contributed by atoms with Crippen molar-refractivity contribution < 1.29 is 23.5 Å². The van der Waals surface area contributed by atoms with Gasteiger partial charge in [-0.15, -0.1) is 0 Å². The molecule has 2 amide bonds.